The topological polar surface area (TPSA) is 53.9 Å². The molecule has 1 N–H and O–H groups in total. The van der Waals surface area contributed by atoms with E-state index in [9.17, 15) is 4.79 Å². The summed E-state index contributed by atoms with van der Waals surface area (Å²) in [4.78, 5) is 11.5. The molecule has 92 valence electrons. The highest BCUT2D eigenvalue weighted by Crippen LogP contribution is 2.01. The van der Waals surface area contributed by atoms with Crippen molar-refractivity contribution in [1.29, 1.82) is 0 Å². The Balaban J connectivity index is 1.79. The normalized spacial score (nSPS) is 13.2. The summed E-state index contributed by atoms with van der Waals surface area (Å²) in [5, 5.41) is 5.23. The Hall–Kier alpha value is -2.56. The van der Waals surface area contributed by atoms with Gasteiger partial charge in [-0.1, -0.05) is 36.4 Å². The summed E-state index contributed by atoms with van der Waals surface area (Å²) < 4.78 is 5.05. The van der Waals surface area contributed by atoms with Crippen LogP contribution in [0.4, 0.5) is 4.79 Å². The third kappa shape index (κ3) is 3.79. The molecule has 0 radical (unpaired) electrons. The van der Waals surface area contributed by atoms with Gasteiger partial charge in [-0.25, -0.2) is 10.2 Å². The minimum atomic E-state index is -0.553. The minimum Gasteiger partial charge on any atom is -0.443 e. The van der Waals surface area contributed by atoms with Gasteiger partial charge in [0.05, 0.1) is 0 Å². The van der Waals surface area contributed by atoms with Crippen molar-refractivity contribution in [1.82, 2.24) is 10.5 Å². The number of amides is 1. The lowest BCUT2D eigenvalue weighted by molar-refractivity contribution is 0.116. The van der Waals surface area contributed by atoms with E-state index in [4.69, 9.17) is 4.74 Å². The number of allylic oxidation sites excluding steroid dienone is 3. The van der Waals surface area contributed by atoms with Gasteiger partial charge in [-0.3, -0.25) is 0 Å². The van der Waals surface area contributed by atoms with Crippen LogP contribution in [0.2, 0.25) is 0 Å². The predicted molar refractivity (Wildman–Crippen MR) is 68.4 cm³/mol. The lowest BCUT2D eigenvalue weighted by Gasteiger charge is -2.14. The number of ether oxygens (including phenoxy) is 1. The first kappa shape index (κ1) is 11.9. The van der Waals surface area contributed by atoms with E-state index in [1.807, 2.05) is 30.3 Å². The molecule has 1 aliphatic heterocycles. The van der Waals surface area contributed by atoms with E-state index in [1.54, 1.807) is 30.6 Å². The number of hydrogen-bond donors (Lipinski definition) is 1. The van der Waals surface area contributed by atoms with E-state index < -0.39 is 6.09 Å². The molecule has 0 fully saturated rings. The van der Waals surface area contributed by atoms with Crippen molar-refractivity contribution in [2.75, 3.05) is 0 Å². The molecule has 18 heavy (non-hydrogen) atoms. The lowest BCUT2D eigenvalue weighted by Crippen LogP contribution is -2.35. The Bertz CT molecular complexity index is 464. The number of hydrazone groups is 1. The molecular formula is C13H13N3O2. The van der Waals surface area contributed by atoms with Gasteiger partial charge in [0.25, 0.3) is 0 Å². The highest BCUT2D eigenvalue weighted by atomic mass is 16.6. The molecule has 5 heteroatoms. The molecule has 1 aromatic carbocycles. The maximum absolute atomic E-state index is 11.5. The zero-order valence-electron chi connectivity index (χ0n) is 9.69. The molecule has 0 spiro atoms. The Morgan fingerprint density at radius 3 is 2.89 bits per heavy atom. The number of hydrogen-bond acceptors (Lipinski definition) is 4. The van der Waals surface area contributed by atoms with Crippen molar-refractivity contribution in [2.24, 2.45) is 5.10 Å². The fourth-order valence-corrected chi connectivity index (χ4v) is 1.31. The SMILES string of the molecule is O=C(NN1C=CC=CC=N1)OCc1ccccc1. The van der Waals surface area contributed by atoms with Gasteiger partial charge >= 0.3 is 6.09 Å². The molecule has 0 aliphatic carbocycles. The van der Waals surface area contributed by atoms with E-state index in [0.717, 1.165) is 5.56 Å². The molecule has 5 nitrogen and oxygen atoms in total. The first-order chi connectivity index (χ1) is 8.84. The van der Waals surface area contributed by atoms with Crippen molar-refractivity contribution in [2.45, 2.75) is 6.61 Å². The Morgan fingerprint density at radius 1 is 1.22 bits per heavy atom. The second-order valence-corrected chi connectivity index (χ2v) is 3.51. The van der Waals surface area contributed by atoms with Gasteiger partial charge in [0.15, 0.2) is 0 Å². The summed E-state index contributed by atoms with van der Waals surface area (Å²) >= 11 is 0. The molecular weight excluding hydrogens is 230 g/mol. The maximum atomic E-state index is 11.5. The summed E-state index contributed by atoms with van der Waals surface area (Å²) in [6.45, 7) is 0.228. The molecule has 1 amide bonds. The molecule has 0 saturated heterocycles. The first-order valence-electron chi connectivity index (χ1n) is 5.48. The van der Waals surface area contributed by atoms with Crippen molar-refractivity contribution < 1.29 is 9.53 Å². The fraction of sp³-hybridized carbons (Fsp3) is 0.0769. The van der Waals surface area contributed by atoms with E-state index in [0.29, 0.717) is 0 Å². The van der Waals surface area contributed by atoms with Gasteiger partial charge in [-0.2, -0.15) is 10.2 Å². The molecule has 2 rings (SSSR count). The van der Waals surface area contributed by atoms with Crippen molar-refractivity contribution >= 4 is 12.3 Å². The number of benzene rings is 1. The third-order valence-electron chi connectivity index (χ3n) is 2.15. The third-order valence-corrected chi connectivity index (χ3v) is 2.15. The average molecular weight is 243 g/mol. The molecule has 1 aliphatic rings. The van der Waals surface area contributed by atoms with Gasteiger partial charge < -0.3 is 4.74 Å². The standard InChI is InChI=1S/C13H13N3O2/c17-13(15-16-10-6-2-5-9-14-16)18-11-12-7-3-1-4-8-12/h1-10H,11H2,(H,15,17). The zero-order valence-corrected chi connectivity index (χ0v) is 9.69. The Labute approximate surface area is 105 Å². The van der Waals surface area contributed by atoms with Gasteiger partial charge in [-0.15, -0.1) is 0 Å². The van der Waals surface area contributed by atoms with Crippen LogP contribution in [0.5, 0.6) is 0 Å². The second-order valence-electron chi connectivity index (χ2n) is 3.51. The molecule has 1 heterocycles. The fourth-order valence-electron chi connectivity index (χ4n) is 1.31. The van der Waals surface area contributed by atoms with Crippen LogP contribution in [0.1, 0.15) is 5.56 Å². The van der Waals surface area contributed by atoms with Crippen LogP contribution in [0.3, 0.4) is 0 Å². The molecule has 0 aromatic heterocycles. The molecule has 0 atom stereocenters. The number of nitrogens with one attached hydrogen (secondary N) is 1. The molecule has 1 aromatic rings. The second kappa shape index (κ2) is 6.24. The summed E-state index contributed by atoms with van der Waals surface area (Å²) in [6.07, 6.45) is 7.95. The Kier molecular flexibility index (Phi) is 4.13. The summed E-state index contributed by atoms with van der Waals surface area (Å²) in [6, 6.07) is 9.48. The first-order valence-corrected chi connectivity index (χ1v) is 5.48. The highest BCUT2D eigenvalue weighted by molar-refractivity contribution is 5.72. The van der Waals surface area contributed by atoms with Crippen molar-refractivity contribution in [3.8, 4) is 0 Å². The number of carbonyl (C=O) groups is 1. The zero-order chi connectivity index (χ0) is 12.6. The predicted octanol–water partition coefficient (Wildman–Crippen LogP) is 2.20. The van der Waals surface area contributed by atoms with Crippen LogP contribution in [-0.2, 0) is 11.3 Å². The van der Waals surface area contributed by atoms with Gasteiger partial charge in [0.1, 0.15) is 6.61 Å². The average Bonchev–Trinajstić information content (AvgIpc) is 2.66. The number of carbonyl (C=O) groups excluding carboxylic acids is 1. The van der Waals surface area contributed by atoms with Crippen LogP contribution >= 0.6 is 0 Å². The summed E-state index contributed by atoms with van der Waals surface area (Å²) in [5.74, 6) is 0. The molecule has 0 unspecified atom stereocenters. The van der Waals surface area contributed by atoms with Gasteiger partial charge in [0, 0.05) is 12.4 Å². The maximum Gasteiger partial charge on any atom is 0.428 e. The lowest BCUT2D eigenvalue weighted by atomic mass is 10.2. The quantitative estimate of drug-likeness (QED) is 0.885. The van der Waals surface area contributed by atoms with E-state index in [-0.39, 0.29) is 6.61 Å². The number of rotatable bonds is 3. The van der Waals surface area contributed by atoms with Crippen LogP contribution in [0.25, 0.3) is 0 Å². The molecule has 0 saturated carbocycles. The van der Waals surface area contributed by atoms with Crippen LogP contribution in [0.15, 0.2) is 59.9 Å². The van der Waals surface area contributed by atoms with Crippen LogP contribution in [0, 0.1) is 0 Å². The van der Waals surface area contributed by atoms with Crippen molar-refractivity contribution in [3.63, 3.8) is 0 Å². The largest absolute Gasteiger partial charge is 0.443 e. The number of nitrogens with zero attached hydrogens (tertiary/aromatic N) is 2. The van der Waals surface area contributed by atoms with Gasteiger partial charge in [-0.05, 0) is 17.7 Å². The molecule has 0 bridgehead atoms. The van der Waals surface area contributed by atoms with Crippen LogP contribution in [-0.4, -0.2) is 17.4 Å². The van der Waals surface area contributed by atoms with Crippen molar-refractivity contribution in [3.05, 3.63) is 60.3 Å². The van der Waals surface area contributed by atoms with Gasteiger partial charge in [0.2, 0.25) is 0 Å². The Morgan fingerprint density at radius 2 is 2.06 bits per heavy atom. The summed E-state index contributed by atoms with van der Waals surface area (Å²) in [5.41, 5.74) is 3.41. The monoisotopic (exact) mass is 243 g/mol. The minimum absolute atomic E-state index is 0.228. The van der Waals surface area contributed by atoms with E-state index in [2.05, 4.69) is 10.5 Å². The van der Waals surface area contributed by atoms with E-state index in [1.165, 1.54) is 5.12 Å². The smallest absolute Gasteiger partial charge is 0.428 e. The number of hydrazine groups is 1. The van der Waals surface area contributed by atoms with E-state index >= 15 is 0 Å². The highest BCUT2D eigenvalue weighted by Gasteiger charge is 2.05. The summed E-state index contributed by atoms with van der Waals surface area (Å²) in [7, 11) is 0. The van der Waals surface area contributed by atoms with Crippen LogP contribution < -0.4 is 5.43 Å².